The van der Waals surface area contributed by atoms with Gasteiger partial charge >= 0.3 is 6.09 Å². The van der Waals surface area contributed by atoms with E-state index in [0.717, 1.165) is 24.4 Å². The molecule has 1 amide bonds. The fourth-order valence-corrected chi connectivity index (χ4v) is 2.54. The Labute approximate surface area is 131 Å². The number of carboxylic acid groups (broad SMARTS) is 1. The van der Waals surface area contributed by atoms with Gasteiger partial charge in [0, 0.05) is 30.8 Å². The van der Waals surface area contributed by atoms with Crippen LogP contribution in [-0.4, -0.2) is 39.0 Å². The molecule has 0 fully saturated rings. The Kier molecular flexibility index (Phi) is 7.39. The van der Waals surface area contributed by atoms with E-state index in [-0.39, 0.29) is 6.10 Å². The minimum atomic E-state index is -0.953. The molecule has 6 heteroatoms. The fourth-order valence-electron chi connectivity index (χ4n) is 1.77. The normalized spacial score (nSPS) is 11.0. The number of amides is 1. The Hall–Kier alpha value is -1.40. The van der Waals surface area contributed by atoms with Gasteiger partial charge in [0.25, 0.3) is 0 Å². The topological polar surface area (TPSA) is 53.0 Å². The van der Waals surface area contributed by atoms with Crippen molar-refractivity contribution in [3.8, 4) is 5.75 Å². The van der Waals surface area contributed by atoms with Crippen LogP contribution in [0.15, 0.2) is 24.3 Å². The number of hydrogen-bond donors (Lipinski definition) is 1. The maximum Gasteiger partial charge on any atom is 0.418 e. The van der Waals surface area contributed by atoms with Crippen LogP contribution in [0.4, 0.5) is 4.79 Å². The average molecular weight is 312 g/mol. The molecule has 5 nitrogen and oxygen atoms in total. The Bertz CT molecular complexity index is 450. The molecule has 0 aliphatic rings. The smallest absolute Gasteiger partial charge is 0.418 e. The second-order valence-electron chi connectivity index (χ2n) is 4.79. The number of rotatable bonds is 8. The Morgan fingerprint density at radius 1 is 1.29 bits per heavy atom. The van der Waals surface area contributed by atoms with Crippen molar-refractivity contribution in [2.24, 2.45) is 0 Å². The lowest BCUT2D eigenvalue weighted by atomic mass is 10.2. The van der Waals surface area contributed by atoms with E-state index < -0.39 is 6.09 Å². The summed E-state index contributed by atoms with van der Waals surface area (Å²) in [6.07, 6.45) is -0.897. The highest BCUT2D eigenvalue weighted by molar-refractivity contribution is 7.95. The first-order valence-corrected chi connectivity index (χ1v) is 7.89. The standard InChI is InChI=1S/C15H24N2O3S/c1-5-16(6-2)21-17(15(18)19)11-13-9-7-8-10-14(13)20-12(3)4/h7-10,12H,5-6,11H2,1-4H3,(H,18,19). The largest absolute Gasteiger partial charge is 0.491 e. The first-order valence-electron chi connectivity index (χ1n) is 7.15. The summed E-state index contributed by atoms with van der Waals surface area (Å²) >= 11 is 1.23. The van der Waals surface area contributed by atoms with Crippen LogP contribution in [-0.2, 0) is 6.54 Å². The van der Waals surface area contributed by atoms with Crippen LogP contribution in [0.2, 0.25) is 0 Å². The second kappa shape index (κ2) is 8.79. The monoisotopic (exact) mass is 312 g/mol. The highest BCUT2D eigenvalue weighted by atomic mass is 32.2. The molecule has 0 unspecified atom stereocenters. The van der Waals surface area contributed by atoms with E-state index in [2.05, 4.69) is 0 Å². The SMILES string of the molecule is CCN(CC)SN(Cc1ccccc1OC(C)C)C(=O)O. The molecule has 21 heavy (non-hydrogen) atoms. The van der Waals surface area contributed by atoms with Crippen molar-refractivity contribution < 1.29 is 14.6 Å². The maximum absolute atomic E-state index is 11.4. The molecule has 118 valence electrons. The van der Waals surface area contributed by atoms with Gasteiger partial charge in [0.05, 0.1) is 12.6 Å². The summed E-state index contributed by atoms with van der Waals surface area (Å²) in [6, 6.07) is 7.56. The molecule has 0 atom stereocenters. The van der Waals surface area contributed by atoms with Crippen LogP contribution in [0.25, 0.3) is 0 Å². The Balaban J connectivity index is 2.86. The zero-order chi connectivity index (χ0) is 15.8. The Morgan fingerprint density at radius 2 is 1.90 bits per heavy atom. The molecule has 0 heterocycles. The molecular weight excluding hydrogens is 288 g/mol. The summed E-state index contributed by atoms with van der Waals surface area (Å²) in [5, 5.41) is 9.38. The van der Waals surface area contributed by atoms with E-state index >= 15 is 0 Å². The highest BCUT2D eigenvalue weighted by Crippen LogP contribution is 2.25. The fraction of sp³-hybridized carbons (Fsp3) is 0.533. The molecule has 0 saturated heterocycles. The molecule has 1 aromatic carbocycles. The number of para-hydroxylation sites is 1. The van der Waals surface area contributed by atoms with Gasteiger partial charge in [-0.25, -0.2) is 13.4 Å². The van der Waals surface area contributed by atoms with Gasteiger partial charge in [-0.05, 0) is 19.9 Å². The van der Waals surface area contributed by atoms with Crippen molar-refractivity contribution in [1.82, 2.24) is 8.61 Å². The molecule has 0 aliphatic carbocycles. The van der Waals surface area contributed by atoms with E-state index in [1.807, 2.05) is 56.3 Å². The predicted octanol–water partition coefficient (Wildman–Crippen LogP) is 3.86. The minimum Gasteiger partial charge on any atom is -0.491 e. The lowest BCUT2D eigenvalue weighted by Crippen LogP contribution is -2.29. The van der Waals surface area contributed by atoms with E-state index in [9.17, 15) is 9.90 Å². The second-order valence-corrected chi connectivity index (χ2v) is 5.91. The summed E-state index contributed by atoms with van der Waals surface area (Å²) < 4.78 is 9.06. The molecule has 1 rings (SSSR count). The molecule has 0 bridgehead atoms. The van der Waals surface area contributed by atoms with E-state index in [1.54, 1.807) is 0 Å². The summed E-state index contributed by atoms with van der Waals surface area (Å²) in [5.74, 6) is 0.735. The first-order chi connectivity index (χ1) is 9.97. The third-order valence-electron chi connectivity index (χ3n) is 2.78. The molecule has 1 N–H and O–H groups in total. The third-order valence-corrected chi connectivity index (χ3v) is 4.01. The van der Waals surface area contributed by atoms with E-state index in [4.69, 9.17) is 4.74 Å². The van der Waals surface area contributed by atoms with Crippen LogP contribution in [0.3, 0.4) is 0 Å². The van der Waals surface area contributed by atoms with Gasteiger partial charge in [0.15, 0.2) is 0 Å². The number of benzene rings is 1. The van der Waals surface area contributed by atoms with Crippen molar-refractivity contribution in [1.29, 1.82) is 0 Å². The molecule has 0 radical (unpaired) electrons. The van der Waals surface area contributed by atoms with Crippen molar-refractivity contribution in [2.75, 3.05) is 13.1 Å². The highest BCUT2D eigenvalue weighted by Gasteiger charge is 2.18. The molecule has 0 aliphatic heterocycles. The van der Waals surface area contributed by atoms with Crippen LogP contribution < -0.4 is 4.74 Å². The summed E-state index contributed by atoms with van der Waals surface area (Å²) in [6.45, 7) is 9.79. The summed E-state index contributed by atoms with van der Waals surface area (Å²) in [7, 11) is 0. The number of nitrogens with zero attached hydrogens (tertiary/aromatic N) is 2. The molecule has 0 aromatic heterocycles. The summed E-state index contributed by atoms with van der Waals surface area (Å²) in [4.78, 5) is 11.4. The van der Waals surface area contributed by atoms with Crippen molar-refractivity contribution in [3.05, 3.63) is 29.8 Å². The van der Waals surface area contributed by atoms with Gasteiger partial charge in [-0.15, -0.1) is 0 Å². The van der Waals surface area contributed by atoms with E-state index in [0.29, 0.717) is 6.54 Å². The van der Waals surface area contributed by atoms with Gasteiger partial charge < -0.3 is 9.84 Å². The zero-order valence-corrected chi connectivity index (χ0v) is 13.9. The predicted molar refractivity (Wildman–Crippen MR) is 86.3 cm³/mol. The van der Waals surface area contributed by atoms with Gasteiger partial charge in [-0.1, -0.05) is 32.0 Å². The molecule has 0 spiro atoms. The molecule has 0 saturated carbocycles. The number of hydrogen-bond acceptors (Lipinski definition) is 4. The Morgan fingerprint density at radius 3 is 2.43 bits per heavy atom. The lowest BCUT2D eigenvalue weighted by molar-refractivity contribution is 0.172. The van der Waals surface area contributed by atoms with Crippen LogP contribution >= 0.6 is 12.1 Å². The quantitative estimate of drug-likeness (QED) is 0.739. The minimum absolute atomic E-state index is 0.0554. The van der Waals surface area contributed by atoms with Crippen LogP contribution in [0.5, 0.6) is 5.75 Å². The van der Waals surface area contributed by atoms with Crippen molar-refractivity contribution in [3.63, 3.8) is 0 Å². The average Bonchev–Trinajstić information content (AvgIpc) is 2.44. The molecular formula is C15H24N2O3S. The van der Waals surface area contributed by atoms with Gasteiger partial charge in [0.2, 0.25) is 0 Å². The van der Waals surface area contributed by atoms with Crippen molar-refractivity contribution >= 4 is 18.2 Å². The van der Waals surface area contributed by atoms with Crippen LogP contribution in [0, 0.1) is 0 Å². The van der Waals surface area contributed by atoms with Gasteiger partial charge in [-0.3, -0.25) is 0 Å². The lowest BCUT2D eigenvalue weighted by Gasteiger charge is -2.25. The van der Waals surface area contributed by atoms with Crippen molar-refractivity contribution in [2.45, 2.75) is 40.3 Å². The first kappa shape index (κ1) is 17.7. The maximum atomic E-state index is 11.4. The molecule has 1 aromatic rings. The summed E-state index contributed by atoms with van der Waals surface area (Å²) in [5.41, 5.74) is 0.869. The van der Waals surface area contributed by atoms with E-state index in [1.165, 1.54) is 16.4 Å². The number of carbonyl (C=O) groups is 1. The third kappa shape index (κ3) is 5.85. The van der Waals surface area contributed by atoms with Gasteiger partial charge in [-0.2, -0.15) is 0 Å². The number of ether oxygens (including phenoxy) is 1. The van der Waals surface area contributed by atoms with Crippen LogP contribution in [0.1, 0.15) is 33.3 Å². The zero-order valence-electron chi connectivity index (χ0n) is 13.1. The van der Waals surface area contributed by atoms with Gasteiger partial charge in [0.1, 0.15) is 5.75 Å².